The number of hydrogen-bond donors (Lipinski definition) is 1. The van der Waals surface area contributed by atoms with Crippen molar-refractivity contribution in [3.63, 3.8) is 0 Å². The number of nitrogens with two attached hydrogens (primary N) is 1. The Kier molecular flexibility index (Phi) is 5.39. The van der Waals surface area contributed by atoms with Crippen molar-refractivity contribution in [2.75, 3.05) is 32.7 Å². The predicted molar refractivity (Wildman–Crippen MR) is 84.2 cm³/mol. The maximum atomic E-state index is 6.01. The van der Waals surface area contributed by atoms with Gasteiger partial charge in [0.15, 0.2) is 0 Å². The van der Waals surface area contributed by atoms with Gasteiger partial charge in [-0.1, -0.05) is 28.1 Å². The van der Waals surface area contributed by atoms with E-state index < -0.39 is 0 Å². The summed E-state index contributed by atoms with van der Waals surface area (Å²) in [6.45, 7) is 9.70. The number of benzene rings is 1. The highest BCUT2D eigenvalue weighted by molar-refractivity contribution is 9.10. The van der Waals surface area contributed by atoms with E-state index in [1.54, 1.807) is 0 Å². The van der Waals surface area contributed by atoms with Gasteiger partial charge in [0.1, 0.15) is 0 Å². The second-order valence-corrected chi connectivity index (χ2v) is 6.39. The lowest BCUT2D eigenvalue weighted by Gasteiger charge is -2.40. The van der Waals surface area contributed by atoms with Gasteiger partial charge in [0.25, 0.3) is 0 Å². The van der Waals surface area contributed by atoms with Crippen LogP contribution in [0.4, 0.5) is 0 Å². The molecule has 1 unspecified atom stereocenters. The van der Waals surface area contributed by atoms with E-state index in [2.05, 4.69) is 63.8 Å². The Morgan fingerprint density at radius 3 is 2.32 bits per heavy atom. The van der Waals surface area contributed by atoms with Gasteiger partial charge in [-0.05, 0) is 31.5 Å². The maximum Gasteiger partial charge on any atom is 0.0471 e. The van der Waals surface area contributed by atoms with E-state index in [-0.39, 0.29) is 0 Å². The first-order valence-electron chi connectivity index (χ1n) is 7.05. The molecule has 1 fully saturated rings. The van der Waals surface area contributed by atoms with Gasteiger partial charge < -0.3 is 5.73 Å². The molecule has 2 rings (SSSR count). The number of halogens is 1. The van der Waals surface area contributed by atoms with Gasteiger partial charge in [0, 0.05) is 49.3 Å². The Hall–Kier alpha value is -0.420. The monoisotopic (exact) mass is 325 g/mol. The van der Waals surface area contributed by atoms with E-state index in [1.165, 1.54) is 5.56 Å². The van der Waals surface area contributed by atoms with Crippen molar-refractivity contribution >= 4 is 15.9 Å². The largest absolute Gasteiger partial charge is 0.329 e. The zero-order valence-corrected chi connectivity index (χ0v) is 13.4. The summed E-state index contributed by atoms with van der Waals surface area (Å²) >= 11 is 3.54. The van der Waals surface area contributed by atoms with Crippen molar-refractivity contribution in [3.05, 3.63) is 34.3 Å². The van der Waals surface area contributed by atoms with E-state index in [0.717, 1.165) is 30.7 Å². The highest BCUT2D eigenvalue weighted by Gasteiger charge is 2.25. The molecule has 1 heterocycles. The summed E-state index contributed by atoms with van der Waals surface area (Å²) in [6.07, 6.45) is 0. The molecule has 2 N–H and O–H groups in total. The molecule has 0 aromatic heterocycles. The highest BCUT2D eigenvalue weighted by Crippen LogP contribution is 2.24. The summed E-state index contributed by atoms with van der Waals surface area (Å²) in [6, 6.07) is 9.50. The first-order chi connectivity index (χ1) is 9.11. The van der Waals surface area contributed by atoms with Gasteiger partial charge in [-0.25, -0.2) is 0 Å². The lowest BCUT2D eigenvalue weighted by atomic mass is 10.0. The summed E-state index contributed by atoms with van der Waals surface area (Å²) in [7, 11) is 0. The van der Waals surface area contributed by atoms with Crippen LogP contribution in [0.15, 0.2) is 28.7 Å². The van der Waals surface area contributed by atoms with Crippen LogP contribution in [0.2, 0.25) is 0 Å². The SMILES string of the molecule is CC(C)N1CCN(C(CN)c2cccc(Br)c2)CC1. The molecule has 3 nitrogen and oxygen atoms in total. The summed E-state index contributed by atoms with van der Waals surface area (Å²) < 4.78 is 1.13. The summed E-state index contributed by atoms with van der Waals surface area (Å²) in [5, 5.41) is 0. The second-order valence-electron chi connectivity index (χ2n) is 5.47. The first kappa shape index (κ1) is 15.0. The van der Waals surface area contributed by atoms with Crippen molar-refractivity contribution in [3.8, 4) is 0 Å². The molecule has 0 spiro atoms. The number of rotatable bonds is 4. The number of nitrogens with zero attached hydrogens (tertiary/aromatic N) is 2. The first-order valence-corrected chi connectivity index (χ1v) is 7.84. The van der Waals surface area contributed by atoms with Crippen molar-refractivity contribution in [1.82, 2.24) is 9.80 Å². The van der Waals surface area contributed by atoms with Crippen LogP contribution in [0.1, 0.15) is 25.5 Å². The standard InChI is InChI=1S/C15H24BrN3/c1-12(2)18-6-8-19(9-7-18)15(11-17)13-4-3-5-14(16)10-13/h3-5,10,12,15H,6-9,11,17H2,1-2H3. The van der Waals surface area contributed by atoms with E-state index >= 15 is 0 Å². The average molecular weight is 326 g/mol. The summed E-state index contributed by atoms with van der Waals surface area (Å²) in [4.78, 5) is 5.05. The molecular weight excluding hydrogens is 302 g/mol. The molecule has 1 saturated heterocycles. The van der Waals surface area contributed by atoms with Crippen molar-refractivity contribution in [2.24, 2.45) is 5.73 Å². The molecule has 0 saturated carbocycles. The normalized spacial score (nSPS) is 19.8. The molecule has 4 heteroatoms. The van der Waals surface area contributed by atoms with Crippen LogP contribution < -0.4 is 5.73 Å². The highest BCUT2D eigenvalue weighted by atomic mass is 79.9. The van der Waals surface area contributed by atoms with Gasteiger partial charge >= 0.3 is 0 Å². The van der Waals surface area contributed by atoms with E-state index in [0.29, 0.717) is 18.6 Å². The van der Waals surface area contributed by atoms with Gasteiger partial charge in [-0.3, -0.25) is 9.80 Å². The Labute approximate surface area is 124 Å². The Bertz CT molecular complexity index is 400. The fraction of sp³-hybridized carbons (Fsp3) is 0.600. The molecule has 0 aliphatic carbocycles. The van der Waals surface area contributed by atoms with Gasteiger partial charge in [-0.2, -0.15) is 0 Å². The fourth-order valence-corrected chi connectivity index (χ4v) is 3.19. The number of hydrogen-bond acceptors (Lipinski definition) is 3. The summed E-state index contributed by atoms with van der Waals surface area (Å²) in [5.41, 5.74) is 7.32. The van der Waals surface area contributed by atoms with Crippen LogP contribution in [-0.2, 0) is 0 Å². The van der Waals surface area contributed by atoms with Crippen LogP contribution in [0.5, 0.6) is 0 Å². The minimum atomic E-state index is 0.340. The van der Waals surface area contributed by atoms with Crippen LogP contribution >= 0.6 is 15.9 Å². The van der Waals surface area contributed by atoms with Crippen LogP contribution in [0.25, 0.3) is 0 Å². The van der Waals surface area contributed by atoms with E-state index in [4.69, 9.17) is 5.73 Å². The quantitative estimate of drug-likeness (QED) is 0.923. The third-order valence-electron chi connectivity index (χ3n) is 3.98. The topological polar surface area (TPSA) is 32.5 Å². The molecule has 1 aromatic rings. The lowest BCUT2D eigenvalue weighted by molar-refractivity contribution is 0.0802. The Morgan fingerprint density at radius 1 is 1.16 bits per heavy atom. The third kappa shape index (κ3) is 3.78. The van der Waals surface area contributed by atoms with E-state index in [9.17, 15) is 0 Å². The van der Waals surface area contributed by atoms with Crippen molar-refractivity contribution < 1.29 is 0 Å². The van der Waals surface area contributed by atoms with Crippen LogP contribution in [0, 0.1) is 0 Å². The zero-order chi connectivity index (χ0) is 13.8. The Morgan fingerprint density at radius 2 is 1.79 bits per heavy atom. The van der Waals surface area contributed by atoms with E-state index in [1.807, 2.05) is 0 Å². The van der Waals surface area contributed by atoms with Crippen molar-refractivity contribution in [2.45, 2.75) is 25.9 Å². The number of piperazine rings is 1. The molecule has 0 amide bonds. The third-order valence-corrected chi connectivity index (χ3v) is 4.47. The van der Waals surface area contributed by atoms with Gasteiger partial charge in [-0.15, -0.1) is 0 Å². The molecule has 0 radical (unpaired) electrons. The molecule has 106 valence electrons. The molecule has 1 atom stereocenters. The molecule has 19 heavy (non-hydrogen) atoms. The summed E-state index contributed by atoms with van der Waals surface area (Å²) in [5.74, 6) is 0. The smallest absolute Gasteiger partial charge is 0.0471 e. The average Bonchev–Trinajstić information content (AvgIpc) is 2.40. The molecule has 1 aliphatic rings. The lowest BCUT2D eigenvalue weighted by Crippen LogP contribution is -2.50. The minimum Gasteiger partial charge on any atom is -0.329 e. The van der Waals surface area contributed by atoms with Gasteiger partial charge in [0.05, 0.1) is 0 Å². The van der Waals surface area contributed by atoms with Gasteiger partial charge in [0.2, 0.25) is 0 Å². The zero-order valence-electron chi connectivity index (χ0n) is 11.8. The molecule has 0 bridgehead atoms. The van der Waals surface area contributed by atoms with Crippen LogP contribution in [0.3, 0.4) is 0 Å². The molecule has 1 aromatic carbocycles. The predicted octanol–water partition coefficient (Wildman–Crippen LogP) is 2.47. The molecular formula is C15H24BrN3. The maximum absolute atomic E-state index is 6.01. The molecule has 1 aliphatic heterocycles. The van der Waals surface area contributed by atoms with Crippen LogP contribution in [-0.4, -0.2) is 48.6 Å². The Balaban J connectivity index is 2.03. The minimum absolute atomic E-state index is 0.340. The second kappa shape index (κ2) is 6.84. The van der Waals surface area contributed by atoms with Crippen molar-refractivity contribution in [1.29, 1.82) is 0 Å². The fourth-order valence-electron chi connectivity index (χ4n) is 2.78.